The predicted molar refractivity (Wildman–Crippen MR) is 96.2 cm³/mol. The largest absolute Gasteiger partial charge is 0.352 e. The molecule has 0 saturated heterocycles. The molecule has 0 radical (unpaired) electrons. The first kappa shape index (κ1) is 20.4. The highest BCUT2D eigenvalue weighted by atomic mass is 35.5. The highest BCUT2D eigenvalue weighted by Gasteiger charge is 2.23. The van der Waals surface area contributed by atoms with E-state index >= 15 is 0 Å². The lowest BCUT2D eigenvalue weighted by Crippen LogP contribution is -2.45. The minimum Gasteiger partial charge on any atom is -0.352 e. The number of benzene rings is 1. The van der Waals surface area contributed by atoms with Crippen molar-refractivity contribution in [3.63, 3.8) is 0 Å². The Balaban J connectivity index is 0.00000288. The number of hydrogen-bond acceptors (Lipinski definition) is 4. The minimum atomic E-state index is -0.420. The van der Waals surface area contributed by atoms with E-state index in [0.29, 0.717) is 25.3 Å². The van der Waals surface area contributed by atoms with Crippen LogP contribution in [-0.2, 0) is 11.2 Å². The maximum atomic E-state index is 12.1. The number of non-ortho nitro benzene ring substituents is 1. The van der Waals surface area contributed by atoms with Crippen molar-refractivity contribution >= 4 is 24.0 Å². The molecule has 1 amide bonds. The average molecular weight is 356 g/mol. The normalized spacial score (nSPS) is 16.0. The molecule has 3 N–H and O–H groups in total. The summed E-state index contributed by atoms with van der Waals surface area (Å²) in [5.74, 6) is 0.452. The molecule has 0 aliphatic heterocycles. The SMILES string of the molecule is Cl.NCC(NC(=O)CCc1cccc([N+](=O)[O-])c1)C1CCCCC1. The number of nitrogens with one attached hydrogen (secondary N) is 1. The Bertz CT molecular complexity index is 548. The summed E-state index contributed by atoms with van der Waals surface area (Å²) >= 11 is 0. The molecule has 6 nitrogen and oxygen atoms in total. The summed E-state index contributed by atoms with van der Waals surface area (Å²) in [7, 11) is 0. The van der Waals surface area contributed by atoms with E-state index in [-0.39, 0.29) is 30.0 Å². The molecule has 1 unspecified atom stereocenters. The quantitative estimate of drug-likeness (QED) is 0.580. The van der Waals surface area contributed by atoms with Gasteiger partial charge in [0.05, 0.1) is 4.92 Å². The molecule has 1 aliphatic rings. The third-order valence-electron chi connectivity index (χ3n) is 4.58. The van der Waals surface area contributed by atoms with Crippen molar-refractivity contribution in [3.8, 4) is 0 Å². The third kappa shape index (κ3) is 6.09. The summed E-state index contributed by atoms with van der Waals surface area (Å²) in [4.78, 5) is 22.5. The molecule has 1 aromatic rings. The Kier molecular flexibility index (Phi) is 8.71. The lowest BCUT2D eigenvalue weighted by Gasteiger charge is -2.30. The van der Waals surface area contributed by atoms with Gasteiger partial charge in [-0.3, -0.25) is 14.9 Å². The van der Waals surface area contributed by atoms with Crippen molar-refractivity contribution in [1.82, 2.24) is 5.32 Å². The number of aryl methyl sites for hydroxylation is 1. The van der Waals surface area contributed by atoms with Gasteiger partial charge in [0.25, 0.3) is 5.69 Å². The molecular weight excluding hydrogens is 330 g/mol. The lowest BCUT2D eigenvalue weighted by molar-refractivity contribution is -0.384. The Hall–Kier alpha value is -1.66. The molecule has 0 aromatic heterocycles. The van der Waals surface area contributed by atoms with Crippen LogP contribution in [0.2, 0.25) is 0 Å². The first-order chi connectivity index (χ1) is 11.1. The molecule has 1 atom stereocenters. The van der Waals surface area contributed by atoms with Gasteiger partial charge in [0.2, 0.25) is 5.91 Å². The number of rotatable bonds is 7. The molecular formula is C17H26ClN3O3. The standard InChI is InChI=1S/C17H25N3O3.ClH/c18-12-16(14-6-2-1-3-7-14)19-17(21)10-9-13-5-4-8-15(11-13)20(22)23;/h4-5,8,11,14,16H,1-3,6-7,9-10,12,18H2,(H,19,21);1H. The Morgan fingerprint density at radius 1 is 1.33 bits per heavy atom. The highest BCUT2D eigenvalue weighted by Crippen LogP contribution is 2.26. The first-order valence-electron chi connectivity index (χ1n) is 8.33. The average Bonchev–Trinajstić information content (AvgIpc) is 2.59. The monoisotopic (exact) mass is 355 g/mol. The van der Waals surface area contributed by atoms with E-state index in [0.717, 1.165) is 18.4 Å². The van der Waals surface area contributed by atoms with Crippen molar-refractivity contribution < 1.29 is 9.72 Å². The van der Waals surface area contributed by atoms with E-state index < -0.39 is 4.92 Å². The molecule has 2 rings (SSSR count). The van der Waals surface area contributed by atoms with Gasteiger partial charge in [-0.1, -0.05) is 31.4 Å². The van der Waals surface area contributed by atoms with Gasteiger partial charge in [-0.05, 0) is 30.7 Å². The fourth-order valence-corrected chi connectivity index (χ4v) is 3.27. The molecule has 1 fully saturated rings. The second kappa shape index (κ2) is 10.3. The number of hydrogen-bond donors (Lipinski definition) is 2. The molecule has 1 aromatic carbocycles. The van der Waals surface area contributed by atoms with Crippen molar-refractivity contribution in [2.24, 2.45) is 11.7 Å². The summed E-state index contributed by atoms with van der Waals surface area (Å²) in [6.07, 6.45) is 6.78. The van der Waals surface area contributed by atoms with Gasteiger partial charge in [0.1, 0.15) is 0 Å². The number of carbonyl (C=O) groups is 1. The van der Waals surface area contributed by atoms with Crippen molar-refractivity contribution in [2.45, 2.75) is 51.0 Å². The molecule has 1 aliphatic carbocycles. The van der Waals surface area contributed by atoms with Crippen LogP contribution in [0, 0.1) is 16.0 Å². The van der Waals surface area contributed by atoms with E-state index in [4.69, 9.17) is 5.73 Å². The van der Waals surface area contributed by atoms with Gasteiger partial charge < -0.3 is 11.1 Å². The van der Waals surface area contributed by atoms with Crippen LogP contribution in [0.4, 0.5) is 5.69 Å². The summed E-state index contributed by atoms with van der Waals surface area (Å²) < 4.78 is 0. The van der Waals surface area contributed by atoms with Crippen molar-refractivity contribution in [2.75, 3.05) is 6.54 Å². The fraction of sp³-hybridized carbons (Fsp3) is 0.588. The maximum absolute atomic E-state index is 12.1. The number of halogens is 1. The Morgan fingerprint density at radius 3 is 2.67 bits per heavy atom. The van der Waals surface area contributed by atoms with Crippen molar-refractivity contribution in [1.29, 1.82) is 0 Å². The number of nitro groups is 1. The summed E-state index contributed by atoms with van der Waals surface area (Å²) in [5.41, 5.74) is 6.68. The Morgan fingerprint density at radius 2 is 2.04 bits per heavy atom. The van der Waals surface area contributed by atoms with Crippen LogP contribution in [0.1, 0.15) is 44.1 Å². The van der Waals surface area contributed by atoms with Crippen molar-refractivity contribution in [3.05, 3.63) is 39.9 Å². The molecule has 134 valence electrons. The van der Waals surface area contributed by atoms with E-state index in [1.807, 2.05) is 6.07 Å². The van der Waals surface area contributed by atoms with Gasteiger partial charge in [0.15, 0.2) is 0 Å². The van der Waals surface area contributed by atoms with Crippen LogP contribution in [0.5, 0.6) is 0 Å². The number of nitrogens with zero attached hydrogens (tertiary/aromatic N) is 1. The topological polar surface area (TPSA) is 98.3 Å². The van der Waals surface area contributed by atoms with Gasteiger partial charge >= 0.3 is 0 Å². The molecule has 1 saturated carbocycles. The predicted octanol–water partition coefficient (Wildman–Crippen LogP) is 2.97. The summed E-state index contributed by atoms with van der Waals surface area (Å²) in [5, 5.41) is 13.8. The van der Waals surface area contributed by atoms with Crippen LogP contribution in [-0.4, -0.2) is 23.4 Å². The highest BCUT2D eigenvalue weighted by molar-refractivity contribution is 5.85. The molecule has 0 heterocycles. The smallest absolute Gasteiger partial charge is 0.269 e. The molecule has 24 heavy (non-hydrogen) atoms. The van der Waals surface area contributed by atoms with Gasteiger partial charge in [0, 0.05) is 31.1 Å². The van der Waals surface area contributed by atoms with Crippen LogP contribution in [0.25, 0.3) is 0 Å². The van der Waals surface area contributed by atoms with E-state index in [1.165, 1.54) is 31.4 Å². The zero-order chi connectivity index (χ0) is 16.7. The van der Waals surface area contributed by atoms with E-state index in [1.54, 1.807) is 6.07 Å². The minimum absolute atomic E-state index is 0. The van der Waals surface area contributed by atoms with Gasteiger partial charge in [-0.25, -0.2) is 0 Å². The summed E-state index contributed by atoms with van der Waals surface area (Å²) in [6, 6.07) is 6.48. The van der Waals surface area contributed by atoms with Crippen LogP contribution >= 0.6 is 12.4 Å². The number of nitrogens with two attached hydrogens (primary N) is 1. The zero-order valence-corrected chi connectivity index (χ0v) is 14.6. The number of nitro benzene ring substituents is 1. The lowest BCUT2D eigenvalue weighted by atomic mass is 9.84. The maximum Gasteiger partial charge on any atom is 0.269 e. The zero-order valence-electron chi connectivity index (χ0n) is 13.8. The van der Waals surface area contributed by atoms with Crippen LogP contribution in [0.3, 0.4) is 0 Å². The fourth-order valence-electron chi connectivity index (χ4n) is 3.27. The second-order valence-electron chi connectivity index (χ2n) is 6.23. The first-order valence-corrected chi connectivity index (χ1v) is 8.33. The van der Waals surface area contributed by atoms with Gasteiger partial charge in [-0.15, -0.1) is 12.4 Å². The van der Waals surface area contributed by atoms with Gasteiger partial charge in [-0.2, -0.15) is 0 Å². The number of carbonyl (C=O) groups excluding carboxylic acids is 1. The molecule has 0 spiro atoms. The van der Waals surface area contributed by atoms with E-state index in [9.17, 15) is 14.9 Å². The van der Waals surface area contributed by atoms with Crippen LogP contribution in [0.15, 0.2) is 24.3 Å². The summed E-state index contributed by atoms with van der Waals surface area (Å²) in [6.45, 7) is 0.465. The molecule has 7 heteroatoms. The third-order valence-corrected chi connectivity index (χ3v) is 4.58. The van der Waals surface area contributed by atoms with Crippen LogP contribution < -0.4 is 11.1 Å². The molecule has 0 bridgehead atoms. The second-order valence-corrected chi connectivity index (χ2v) is 6.23. The number of amides is 1. The Labute approximate surface area is 148 Å². The van der Waals surface area contributed by atoms with E-state index in [2.05, 4.69) is 5.32 Å².